The van der Waals surface area contributed by atoms with Gasteiger partial charge >= 0.3 is 0 Å². The third-order valence-corrected chi connectivity index (χ3v) is 5.37. The molecule has 1 saturated heterocycles. The molecular formula is C16H22N2S. The Morgan fingerprint density at radius 1 is 1.05 bits per heavy atom. The fourth-order valence-corrected chi connectivity index (χ4v) is 3.64. The van der Waals surface area contributed by atoms with Gasteiger partial charge in [-0.15, -0.1) is 11.3 Å². The fourth-order valence-electron chi connectivity index (χ4n) is 2.60. The molecule has 1 aromatic heterocycles. The number of anilines is 1. The van der Waals surface area contributed by atoms with E-state index in [1.54, 1.807) is 0 Å². The van der Waals surface area contributed by atoms with E-state index in [1.807, 2.05) is 11.3 Å². The van der Waals surface area contributed by atoms with Crippen molar-refractivity contribution < 1.29 is 0 Å². The summed E-state index contributed by atoms with van der Waals surface area (Å²) in [6.07, 6.45) is 0. The molecule has 3 rings (SSSR count). The summed E-state index contributed by atoms with van der Waals surface area (Å²) in [5, 5.41) is 1.41. The lowest BCUT2D eigenvalue weighted by Gasteiger charge is -2.34. The first-order chi connectivity index (χ1) is 9.13. The van der Waals surface area contributed by atoms with Crippen LogP contribution in [0.5, 0.6) is 0 Å². The van der Waals surface area contributed by atoms with Crippen LogP contribution < -0.4 is 4.90 Å². The predicted molar refractivity (Wildman–Crippen MR) is 85.6 cm³/mol. The van der Waals surface area contributed by atoms with Crippen LogP contribution in [0.15, 0.2) is 24.3 Å². The first-order valence-corrected chi connectivity index (χ1v) is 7.92. The van der Waals surface area contributed by atoms with Crippen LogP contribution in [0, 0.1) is 0 Å². The van der Waals surface area contributed by atoms with Gasteiger partial charge in [0, 0.05) is 41.4 Å². The van der Waals surface area contributed by atoms with E-state index in [9.17, 15) is 0 Å². The van der Waals surface area contributed by atoms with Gasteiger partial charge in [-0.25, -0.2) is 0 Å². The first-order valence-electron chi connectivity index (χ1n) is 7.10. The molecule has 0 saturated carbocycles. The number of hydrogen-bond donors (Lipinski definition) is 0. The van der Waals surface area contributed by atoms with E-state index in [2.05, 4.69) is 55.0 Å². The normalized spacial score (nSPS) is 17.6. The molecule has 2 aromatic rings. The molecule has 1 aliphatic heterocycles. The molecule has 0 amide bonds. The molecule has 0 bridgehead atoms. The third-order valence-electron chi connectivity index (χ3n) is 3.96. The van der Waals surface area contributed by atoms with Gasteiger partial charge in [-0.05, 0) is 42.6 Å². The molecule has 2 heterocycles. The van der Waals surface area contributed by atoms with Crippen LogP contribution in [0.25, 0.3) is 10.1 Å². The molecule has 0 aliphatic carbocycles. The molecule has 3 heteroatoms. The maximum atomic E-state index is 2.51. The average molecular weight is 274 g/mol. The van der Waals surface area contributed by atoms with Crippen molar-refractivity contribution in [3.63, 3.8) is 0 Å². The summed E-state index contributed by atoms with van der Waals surface area (Å²) >= 11 is 1.93. The number of benzene rings is 1. The van der Waals surface area contributed by atoms with Crippen molar-refractivity contribution in [2.75, 3.05) is 38.1 Å². The van der Waals surface area contributed by atoms with Gasteiger partial charge in [0.1, 0.15) is 0 Å². The molecule has 2 nitrogen and oxygen atoms in total. The number of hydrogen-bond acceptors (Lipinski definition) is 3. The monoisotopic (exact) mass is 274 g/mol. The summed E-state index contributed by atoms with van der Waals surface area (Å²) in [6.45, 7) is 9.16. The zero-order valence-corrected chi connectivity index (χ0v) is 12.8. The van der Waals surface area contributed by atoms with Crippen molar-refractivity contribution in [3.05, 3.63) is 29.1 Å². The first kappa shape index (κ1) is 12.9. The van der Waals surface area contributed by atoms with E-state index in [0.717, 1.165) is 13.1 Å². The average Bonchev–Trinajstić information content (AvgIpc) is 2.82. The van der Waals surface area contributed by atoms with Crippen LogP contribution >= 0.6 is 11.3 Å². The molecule has 102 valence electrons. The lowest BCUT2D eigenvalue weighted by atomic mass is 10.1. The standard InChI is InChI=1S/C16H22N2S/c1-12(2)16-11-13-10-14(4-5-15(13)19-16)18-8-6-17(3)7-9-18/h4-5,10-12H,6-9H2,1-3H3. The van der Waals surface area contributed by atoms with Crippen molar-refractivity contribution in [2.45, 2.75) is 19.8 Å². The van der Waals surface area contributed by atoms with Gasteiger partial charge in [-0.3, -0.25) is 0 Å². The minimum atomic E-state index is 0.629. The Kier molecular flexibility index (Phi) is 3.50. The Labute approximate surface area is 119 Å². The van der Waals surface area contributed by atoms with Gasteiger partial charge in [0.05, 0.1) is 0 Å². The highest BCUT2D eigenvalue weighted by atomic mass is 32.1. The van der Waals surface area contributed by atoms with E-state index >= 15 is 0 Å². The zero-order valence-electron chi connectivity index (χ0n) is 12.0. The van der Waals surface area contributed by atoms with Crippen LogP contribution in [-0.4, -0.2) is 38.1 Å². The summed E-state index contributed by atoms with van der Waals surface area (Å²) in [6, 6.07) is 9.31. The summed E-state index contributed by atoms with van der Waals surface area (Å²) in [7, 11) is 2.20. The van der Waals surface area contributed by atoms with Gasteiger partial charge < -0.3 is 9.80 Å². The highest BCUT2D eigenvalue weighted by molar-refractivity contribution is 7.19. The van der Waals surface area contributed by atoms with Crippen molar-refractivity contribution in [3.8, 4) is 0 Å². The molecule has 0 spiro atoms. The Balaban J connectivity index is 1.88. The Bertz CT molecular complexity index is 565. The largest absolute Gasteiger partial charge is 0.369 e. The van der Waals surface area contributed by atoms with Crippen molar-refractivity contribution in [1.29, 1.82) is 0 Å². The van der Waals surface area contributed by atoms with Gasteiger partial charge in [0.25, 0.3) is 0 Å². The lowest BCUT2D eigenvalue weighted by molar-refractivity contribution is 0.313. The smallest absolute Gasteiger partial charge is 0.0374 e. The van der Waals surface area contributed by atoms with Crippen molar-refractivity contribution in [2.24, 2.45) is 0 Å². The van der Waals surface area contributed by atoms with E-state index < -0.39 is 0 Å². The van der Waals surface area contributed by atoms with Crippen LogP contribution in [0.3, 0.4) is 0 Å². The van der Waals surface area contributed by atoms with Crippen LogP contribution in [0.4, 0.5) is 5.69 Å². The quantitative estimate of drug-likeness (QED) is 0.822. The lowest BCUT2D eigenvalue weighted by Crippen LogP contribution is -2.44. The maximum Gasteiger partial charge on any atom is 0.0374 e. The minimum absolute atomic E-state index is 0.629. The molecule has 1 fully saturated rings. The molecular weight excluding hydrogens is 252 g/mol. The van der Waals surface area contributed by atoms with E-state index in [1.165, 1.54) is 33.7 Å². The van der Waals surface area contributed by atoms with Crippen molar-refractivity contribution in [1.82, 2.24) is 4.90 Å². The Morgan fingerprint density at radius 3 is 2.47 bits per heavy atom. The third kappa shape index (κ3) is 2.63. The number of thiophene rings is 1. The highest BCUT2D eigenvalue weighted by Gasteiger charge is 2.15. The van der Waals surface area contributed by atoms with Crippen LogP contribution in [0.2, 0.25) is 0 Å². The fraction of sp³-hybridized carbons (Fsp3) is 0.500. The topological polar surface area (TPSA) is 6.48 Å². The van der Waals surface area contributed by atoms with Gasteiger partial charge in [0.15, 0.2) is 0 Å². The van der Waals surface area contributed by atoms with E-state index in [-0.39, 0.29) is 0 Å². The number of piperazine rings is 1. The second-order valence-corrected chi connectivity index (χ2v) is 6.93. The second-order valence-electron chi connectivity index (χ2n) is 5.82. The number of likely N-dealkylation sites (N-methyl/N-ethyl adjacent to an activating group) is 1. The molecule has 0 unspecified atom stereocenters. The van der Waals surface area contributed by atoms with Crippen molar-refractivity contribution >= 4 is 27.1 Å². The molecule has 0 N–H and O–H groups in total. The van der Waals surface area contributed by atoms with Gasteiger partial charge in [-0.1, -0.05) is 13.8 Å². The predicted octanol–water partition coefficient (Wildman–Crippen LogP) is 3.78. The molecule has 19 heavy (non-hydrogen) atoms. The van der Waals surface area contributed by atoms with E-state index in [4.69, 9.17) is 0 Å². The summed E-state index contributed by atoms with van der Waals surface area (Å²) < 4.78 is 1.42. The SMILES string of the molecule is CC(C)c1cc2cc(N3CCN(C)CC3)ccc2s1. The summed E-state index contributed by atoms with van der Waals surface area (Å²) in [5.41, 5.74) is 1.38. The van der Waals surface area contributed by atoms with Crippen LogP contribution in [0.1, 0.15) is 24.6 Å². The Morgan fingerprint density at radius 2 is 1.79 bits per heavy atom. The summed E-state index contributed by atoms with van der Waals surface area (Å²) in [4.78, 5) is 6.40. The number of nitrogens with zero attached hydrogens (tertiary/aromatic N) is 2. The zero-order chi connectivity index (χ0) is 13.4. The van der Waals surface area contributed by atoms with Gasteiger partial charge in [-0.2, -0.15) is 0 Å². The Hall–Kier alpha value is -1.06. The summed E-state index contributed by atoms with van der Waals surface area (Å²) in [5.74, 6) is 0.629. The van der Waals surface area contributed by atoms with Gasteiger partial charge in [0.2, 0.25) is 0 Å². The van der Waals surface area contributed by atoms with E-state index in [0.29, 0.717) is 5.92 Å². The molecule has 0 radical (unpaired) electrons. The molecule has 1 aliphatic rings. The maximum absolute atomic E-state index is 2.51. The molecule has 1 aromatic carbocycles. The second kappa shape index (κ2) is 5.14. The number of rotatable bonds is 2. The van der Waals surface area contributed by atoms with Crippen LogP contribution in [-0.2, 0) is 0 Å². The number of fused-ring (bicyclic) bond motifs is 1. The minimum Gasteiger partial charge on any atom is -0.369 e. The highest BCUT2D eigenvalue weighted by Crippen LogP contribution is 2.33. The molecule has 0 atom stereocenters.